The Bertz CT molecular complexity index is 1460. The number of benzene rings is 2. The van der Waals surface area contributed by atoms with E-state index < -0.39 is 17.5 Å². The number of hydrogen-bond donors (Lipinski definition) is 1. The van der Waals surface area contributed by atoms with Crippen molar-refractivity contribution < 1.29 is 23.5 Å². The Morgan fingerprint density at radius 2 is 1.85 bits per heavy atom. The summed E-state index contributed by atoms with van der Waals surface area (Å²) in [6.45, 7) is 4.27. The Kier molecular flexibility index (Phi) is 6.72. The van der Waals surface area contributed by atoms with Crippen LogP contribution in [0.15, 0.2) is 57.7 Å². The summed E-state index contributed by atoms with van der Waals surface area (Å²) in [6, 6.07) is 13.4. The first kappa shape index (κ1) is 23.5. The molecule has 0 saturated heterocycles. The predicted molar refractivity (Wildman–Crippen MR) is 132 cm³/mol. The average molecular weight is 498 g/mol. The maximum atomic E-state index is 13.0. The average Bonchev–Trinajstić information content (AvgIpc) is 3.14. The highest BCUT2D eigenvalue weighted by molar-refractivity contribution is 7.17. The molecule has 0 bridgehead atoms. The van der Waals surface area contributed by atoms with E-state index in [1.165, 1.54) is 24.5 Å². The van der Waals surface area contributed by atoms with Crippen molar-refractivity contribution in [3.63, 3.8) is 0 Å². The van der Waals surface area contributed by atoms with Gasteiger partial charge < -0.3 is 19.2 Å². The van der Waals surface area contributed by atoms with Crippen molar-refractivity contribution in [2.45, 2.75) is 13.8 Å². The van der Waals surface area contributed by atoms with Gasteiger partial charge in [-0.1, -0.05) is 23.7 Å². The number of methoxy groups -OCH3 is 1. The first-order valence-electron chi connectivity index (χ1n) is 10.3. The molecule has 0 aliphatic rings. The van der Waals surface area contributed by atoms with E-state index in [2.05, 4.69) is 5.32 Å². The van der Waals surface area contributed by atoms with Crippen molar-refractivity contribution >= 4 is 50.8 Å². The van der Waals surface area contributed by atoms with Gasteiger partial charge in [-0.2, -0.15) is 0 Å². The number of hydrogen-bond acceptors (Lipinski definition) is 7. The topological polar surface area (TPSA) is 94.8 Å². The van der Waals surface area contributed by atoms with Gasteiger partial charge >= 0.3 is 11.6 Å². The molecule has 0 radical (unpaired) electrons. The van der Waals surface area contributed by atoms with Gasteiger partial charge in [-0.25, -0.2) is 9.59 Å². The zero-order valence-electron chi connectivity index (χ0n) is 18.6. The number of ether oxygens (including phenoxy) is 2. The molecule has 7 nitrogen and oxygen atoms in total. The molecule has 0 fully saturated rings. The SMILES string of the molecule is CCOc1ccc(-c2c(C)sc(NC(=O)c3cc4cc(Cl)ccc4oc3=O)c2C(=O)OC)cc1. The number of halogens is 1. The normalized spacial score (nSPS) is 10.8. The number of rotatable bonds is 6. The summed E-state index contributed by atoms with van der Waals surface area (Å²) >= 11 is 7.23. The Morgan fingerprint density at radius 3 is 2.53 bits per heavy atom. The van der Waals surface area contributed by atoms with Crippen molar-refractivity contribution in [2.24, 2.45) is 0 Å². The van der Waals surface area contributed by atoms with Crippen molar-refractivity contribution in [2.75, 3.05) is 19.0 Å². The largest absolute Gasteiger partial charge is 0.494 e. The summed E-state index contributed by atoms with van der Waals surface area (Å²) in [5.74, 6) is -0.614. The van der Waals surface area contributed by atoms with Crippen LogP contribution in [0, 0.1) is 6.92 Å². The molecule has 0 saturated carbocycles. The molecule has 4 aromatic rings. The minimum Gasteiger partial charge on any atom is -0.494 e. The van der Waals surface area contributed by atoms with Crippen LogP contribution >= 0.6 is 22.9 Å². The van der Waals surface area contributed by atoms with E-state index >= 15 is 0 Å². The summed E-state index contributed by atoms with van der Waals surface area (Å²) in [6.07, 6.45) is 0. The third kappa shape index (κ3) is 4.55. The first-order chi connectivity index (χ1) is 16.3. The van der Waals surface area contributed by atoms with Crippen LogP contribution in [-0.2, 0) is 4.74 Å². The van der Waals surface area contributed by atoms with Crippen molar-refractivity contribution in [1.82, 2.24) is 0 Å². The highest BCUT2D eigenvalue weighted by atomic mass is 35.5. The van der Waals surface area contributed by atoms with Gasteiger partial charge in [0.25, 0.3) is 5.91 Å². The molecule has 1 amide bonds. The van der Waals surface area contributed by atoms with Crippen LogP contribution in [-0.4, -0.2) is 25.6 Å². The van der Waals surface area contributed by atoms with Crippen LogP contribution in [0.3, 0.4) is 0 Å². The van der Waals surface area contributed by atoms with Gasteiger partial charge in [0.1, 0.15) is 27.5 Å². The molecule has 2 aromatic heterocycles. The molecule has 0 aliphatic heterocycles. The van der Waals surface area contributed by atoms with Crippen LogP contribution in [0.4, 0.5) is 5.00 Å². The van der Waals surface area contributed by atoms with Crippen molar-refractivity contribution in [3.05, 3.63) is 80.0 Å². The predicted octanol–water partition coefficient (Wildman–Crippen LogP) is 5.92. The second-order valence-corrected chi connectivity index (χ2v) is 8.93. The van der Waals surface area contributed by atoms with Gasteiger partial charge in [-0.3, -0.25) is 4.79 Å². The van der Waals surface area contributed by atoms with E-state index in [1.807, 2.05) is 26.0 Å². The van der Waals surface area contributed by atoms with Gasteiger partial charge in [-0.15, -0.1) is 11.3 Å². The summed E-state index contributed by atoms with van der Waals surface area (Å²) in [4.78, 5) is 39.0. The lowest BCUT2D eigenvalue weighted by molar-refractivity contribution is 0.0603. The third-order valence-corrected chi connectivity index (χ3v) is 6.35. The summed E-state index contributed by atoms with van der Waals surface area (Å²) < 4.78 is 15.7. The smallest absolute Gasteiger partial charge is 0.349 e. The third-order valence-electron chi connectivity index (χ3n) is 5.09. The number of esters is 1. The molecule has 0 unspecified atom stereocenters. The van der Waals surface area contributed by atoms with Crippen LogP contribution in [0.2, 0.25) is 5.02 Å². The highest BCUT2D eigenvalue weighted by Crippen LogP contribution is 2.41. The fraction of sp³-hybridized carbons (Fsp3) is 0.160. The van der Waals surface area contributed by atoms with Crippen LogP contribution in [0.25, 0.3) is 22.1 Å². The number of carbonyl (C=O) groups excluding carboxylic acids is 2. The number of nitrogens with one attached hydrogen (secondary N) is 1. The van der Waals surface area contributed by atoms with Crippen LogP contribution in [0.1, 0.15) is 32.5 Å². The number of carbonyl (C=O) groups is 2. The molecule has 34 heavy (non-hydrogen) atoms. The number of thiophene rings is 1. The molecule has 0 spiro atoms. The Hall–Kier alpha value is -3.62. The van der Waals surface area contributed by atoms with Crippen molar-refractivity contribution in [3.8, 4) is 16.9 Å². The lowest BCUT2D eigenvalue weighted by atomic mass is 10.0. The van der Waals surface area contributed by atoms with E-state index in [-0.39, 0.29) is 16.1 Å². The molecule has 2 heterocycles. The summed E-state index contributed by atoms with van der Waals surface area (Å²) in [5, 5.41) is 3.90. The maximum absolute atomic E-state index is 13.0. The molecule has 4 rings (SSSR count). The standard InChI is InChI=1S/C25H20ClNO6S/c1-4-32-17-8-5-14(6-9-17)20-13(2)34-23(21(20)25(30)31-3)27-22(28)18-12-15-11-16(26)7-10-19(15)33-24(18)29/h5-12H,4H2,1-3H3,(H,27,28). The van der Waals surface area contributed by atoms with E-state index in [0.717, 1.165) is 10.4 Å². The van der Waals surface area contributed by atoms with Gasteiger partial charge in [0, 0.05) is 20.8 Å². The zero-order valence-corrected chi connectivity index (χ0v) is 20.1. The first-order valence-corrected chi connectivity index (χ1v) is 11.5. The number of fused-ring (bicyclic) bond motifs is 1. The summed E-state index contributed by atoms with van der Waals surface area (Å²) in [5.41, 5.74) is 0.901. The lowest BCUT2D eigenvalue weighted by Gasteiger charge is -2.09. The zero-order chi connectivity index (χ0) is 24.4. The Morgan fingerprint density at radius 1 is 1.12 bits per heavy atom. The second-order valence-electron chi connectivity index (χ2n) is 7.27. The summed E-state index contributed by atoms with van der Waals surface area (Å²) in [7, 11) is 1.27. The van der Waals surface area contributed by atoms with Gasteiger partial charge in [-0.05, 0) is 55.8 Å². The van der Waals surface area contributed by atoms with Crippen LogP contribution < -0.4 is 15.7 Å². The van der Waals surface area contributed by atoms with E-state index in [9.17, 15) is 14.4 Å². The molecule has 0 aliphatic carbocycles. The van der Waals surface area contributed by atoms with Gasteiger partial charge in [0.2, 0.25) is 0 Å². The minimum absolute atomic E-state index is 0.204. The van der Waals surface area contributed by atoms with Gasteiger partial charge in [0.05, 0.1) is 13.7 Å². The van der Waals surface area contributed by atoms with E-state index in [0.29, 0.717) is 33.9 Å². The monoisotopic (exact) mass is 497 g/mol. The fourth-order valence-electron chi connectivity index (χ4n) is 3.58. The number of amides is 1. The maximum Gasteiger partial charge on any atom is 0.349 e. The molecule has 1 N–H and O–H groups in total. The molecule has 9 heteroatoms. The molecule has 174 valence electrons. The number of anilines is 1. The van der Waals surface area contributed by atoms with E-state index in [4.69, 9.17) is 25.5 Å². The molecule has 2 aromatic carbocycles. The lowest BCUT2D eigenvalue weighted by Crippen LogP contribution is -2.21. The van der Waals surface area contributed by atoms with E-state index in [1.54, 1.807) is 30.3 Å². The Balaban J connectivity index is 1.75. The fourth-order valence-corrected chi connectivity index (χ4v) is 4.82. The highest BCUT2D eigenvalue weighted by Gasteiger charge is 2.26. The van der Waals surface area contributed by atoms with Crippen molar-refractivity contribution in [1.29, 1.82) is 0 Å². The molecule has 0 atom stereocenters. The number of aryl methyl sites for hydroxylation is 1. The Labute approximate surface area is 203 Å². The second kappa shape index (κ2) is 9.70. The van der Waals surface area contributed by atoms with Crippen LogP contribution in [0.5, 0.6) is 5.75 Å². The quantitative estimate of drug-likeness (QED) is 0.262. The molecular weight excluding hydrogens is 478 g/mol. The minimum atomic E-state index is -0.799. The van der Waals surface area contributed by atoms with Gasteiger partial charge in [0.15, 0.2) is 0 Å². The molecular formula is C25H20ClNO6S.